The standard InChI is InChI=1S/C24H21F3N4O4S/c25-24(26,27)19-9-17(33)3-2-15(19)11-31-20-4-1-14(7-16(20)10-28-31)8-21-22(34)29-23(36-21)30-5-6-35-18(12-30)13-32/h1-4,7-10,18,32-33H,5-6,11-13H2. The fraction of sp³-hybridized carbons (Fsp3) is 0.292. The van der Waals surface area contributed by atoms with E-state index < -0.39 is 17.5 Å². The van der Waals surface area contributed by atoms with Gasteiger partial charge in [-0.05, 0) is 53.2 Å². The number of halogens is 3. The molecule has 0 aliphatic carbocycles. The molecule has 5 rings (SSSR count). The summed E-state index contributed by atoms with van der Waals surface area (Å²) in [6, 6.07) is 8.46. The first kappa shape index (κ1) is 24.3. The number of amides is 1. The second-order valence-electron chi connectivity index (χ2n) is 8.39. The zero-order valence-electron chi connectivity index (χ0n) is 18.8. The van der Waals surface area contributed by atoms with Gasteiger partial charge in [-0.25, -0.2) is 0 Å². The van der Waals surface area contributed by atoms with Crippen molar-refractivity contribution in [1.82, 2.24) is 14.7 Å². The number of thioether (sulfide) groups is 1. The molecule has 1 saturated heterocycles. The molecular formula is C24H21F3N4O4S. The SMILES string of the molecule is O=C1N=C(N2CCOC(CO)C2)SC1=Cc1ccc2c(cnn2Cc2ccc(O)cc2C(F)(F)F)c1. The van der Waals surface area contributed by atoms with Crippen molar-refractivity contribution in [2.24, 2.45) is 4.99 Å². The number of ether oxygens (including phenoxy) is 1. The van der Waals surface area contributed by atoms with E-state index in [9.17, 15) is 28.2 Å². The van der Waals surface area contributed by atoms with Gasteiger partial charge in [-0.15, -0.1) is 0 Å². The largest absolute Gasteiger partial charge is 0.508 e. The number of carbonyl (C=O) groups is 1. The van der Waals surface area contributed by atoms with Gasteiger partial charge in [0.05, 0.1) is 48.0 Å². The number of amidine groups is 1. The molecule has 1 unspecified atom stereocenters. The fourth-order valence-electron chi connectivity index (χ4n) is 4.14. The van der Waals surface area contributed by atoms with E-state index in [1.54, 1.807) is 30.5 Å². The second kappa shape index (κ2) is 9.60. The zero-order chi connectivity index (χ0) is 25.4. The summed E-state index contributed by atoms with van der Waals surface area (Å²) in [6.07, 6.45) is -1.66. The first-order chi connectivity index (χ1) is 17.2. The first-order valence-corrected chi connectivity index (χ1v) is 11.9. The van der Waals surface area contributed by atoms with Gasteiger partial charge in [-0.1, -0.05) is 12.1 Å². The summed E-state index contributed by atoms with van der Waals surface area (Å²) < 4.78 is 47.2. The molecule has 36 heavy (non-hydrogen) atoms. The predicted octanol–water partition coefficient (Wildman–Crippen LogP) is 3.47. The predicted molar refractivity (Wildman–Crippen MR) is 128 cm³/mol. The number of carbonyl (C=O) groups excluding carboxylic acids is 1. The molecule has 1 amide bonds. The van der Waals surface area contributed by atoms with Crippen LogP contribution in [0.2, 0.25) is 0 Å². The Morgan fingerprint density at radius 1 is 1.22 bits per heavy atom. The Bertz CT molecular complexity index is 1390. The van der Waals surface area contributed by atoms with Gasteiger partial charge >= 0.3 is 6.18 Å². The summed E-state index contributed by atoms with van der Waals surface area (Å²) in [5.41, 5.74) is 0.431. The Balaban J connectivity index is 1.35. The lowest BCUT2D eigenvalue weighted by molar-refractivity contribution is -0.138. The summed E-state index contributed by atoms with van der Waals surface area (Å²) in [5, 5.41) is 24.3. The van der Waals surface area contributed by atoms with E-state index in [1.165, 1.54) is 28.6 Å². The van der Waals surface area contributed by atoms with E-state index in [4.69, 9.17) is 4.74 Å². The van der Waals surface area contributed by atoms with Crippen molar-refractivity contribution in [3.05, 3.63) is 64.2 Å². The molecule has 2 aromatic carbocycles. The number of hydrogen-bond acceptors (Lipinski definition) is 7. The van der Waals surface area contributed by atoms with Crippen LogP contribution < -0.4 is 0 Å². The van der Waals surface area contributed by atoms with Crippen molar-refractivity contribution in [3.8, 4) is 5.75 Å². The topological polar surface area (TPSA) is 100 Å². The lowest BCUT2D eigenvalue weighted by Crippen LogP contribution is -2.45. The summed E-state index contributed by atoms with van der Waals surface area (Å²) in [4.78, 5) is 19.0. The van der Waals surface area contributed by atoms with Crippen LogP contribution in [-0.2, 0) is 22.3 Å². The summed E-state index contributed by atoms with van der Waals surface area (Å²) in [6.45, 7) is 1.23. The van der Waals surface area contributed by atoms with Crippen LogP contribution in [0.25, 0.3) is 17.0 Å². The third-order valence-corrected chi connectivity index (χ3v) is 6.95. The zero-order valence-corrected chi connectivity index (χ0v) is 19.6. The number of aromatic hydroxyl groups is 1. The molecule has 1 atom stereocenters. The van der Waals surface area contributed by atoms with Gasteiger partial charge in [-0.3, -0.25) is 9.48 Å². The number of alkyl halides is 3. The molecule has 1 fully saturated rings. The van der Waals surface area contributed by atoms with E-state index in [0.717, 1.165) is 5.56 Å². The average molecular weight is 519 g/mol. The third kappa shape index (κ3) is 4.97. The second-order valence-corrected chi connectivity index (χ2v) is 9.40. The number of fused-ring (bicyclic) bond motifs is 1. The van der Waals surface area contributed by atoms with E-state index in [2.05, 4.69) is 10.1 Å². The van der Waals surface area contributed by atoms with Gasteiger partial charge in [0.15, 0.2) is 5.17 Å². The van der Waals surface area contributed by atoms with Gasteiger partial charge in [0.25, 0.3) is 5.91 Å². The highest BCUT2D eigenvalue weighted by molar-refractivity contribution is 8.18. The average Bonchev–Trinajstić information content (AvgIpc) is 3.42. The van der Waals surface area contributed by atoms with Gasteiger partial charge in [0.2, 0.25) is 0 Å². The van der Waals surface area contributed by atoms with Gasteiger partial charge in [-0.2, -0.15) is 23.3 Å². The smallest absolute Gasteiger partial charge is 0.416 e. The van der Waals surface area contributed by atoms with Crippen molar-refractivity contribution in [1.29, 1.82) is 0 Å². The van der Waals surface area contributed by atoms with Crippen molar-refractivity contribution >= 4 is 39.8 Å². The Morgan fingerprint density at radius 2 is 2.06 bits per heavy atom. The summed E-state index contributed by atoms with van der Waals surface area (Å²) in [7, 11) is 0. The van der Waals surface area contributed by atoms with Gasteiger partial charge in [0.1, 0.15) is 5.75 Å². The summed E-state index contributed by atoms with van der Waals surface area (Å²) in [5.74, 6) is -0.813. The Hall–Kier alpha value is -3.35. The maximum atomic E-state index is 13.4. The highest BCUT2D eigenvalue weighted by atomic mass is 32.2. The molecule has 3 heterocycles. The lowest BCUT2D eigenvalue weighted by atomic mass is 10.1. The van der Waals surface area contributed by atoms with E-state index in [1.807, 2.05) is 4.90 Å². The molecule has 2 aliphatic rings. The van der Waals surface area contributed by atoms with Crippen molar-refractivity contribution in [3.63, 3.8) is 0 Å². The normalized spacial score (nSPS) is 19.9. The molecule has 188 valence electrons. The highest BCUT2D eigenvalue weighted by Gasteiger charge is 2.34. The van der Waals surface area contributed by atoms with Crippen LogP contribution in [-0.4, -0.2) is 68.4 Å². The molecule has 0 radical (unpaired) electrons. The Kier molecular flexibility index (Phi) is 6.49. The number of hydrogen-bond donors (Lipinski definition) is 2. The molecule has 2 aliphatic heterocycles. The molecule has 0 bridgehead atoms. The maximum absolute atomic E-state index is 13.4. The number of nitrogens with zero attached hydrogens (tertiary/aromatic N) is 4. The lowest BCUT2D eigenvalue weighted by Gasteiger charge is -2.32. The minimum absolute atomic E-state index is 0.0133. The van der Waals surface area contributed by atoms with E-state index in [-0.39, 0.29) is 30.7 Å². The van der Waals surface area contributed by atoms with E-state index >= 15 is 0 Å². The number of benzene rings is 2. The number of morpholine rings is 1. The van der Waals surface area contributed by atoms with Gasteiger partial charge < -0.3 is 19.8 Å². The number of rotatable bonds is 4. The van der Waals surface area contributed by atoms with Crippen LogP contribution in [0.3, 0.4) is 0 Å². The third-order valence-electron chi connectivity index (χ3n) is 5.90. The van der Waals surface area contributed by atoms with Crippen molar-refractivity contribution in [2.45, 2.75) is 18.8 Å². The molecule has 8 nitrogen and oxygen atoms in total. The van der Waals surface area contributed by atoms with Crippen LogP contribution >= 0.6 is 11.8 Å². The minimum Gasteiger partial charge on any atom is -0.508 e. The molecule has 2 N–H and O–H groups in total. The van der Waals surface area contributed by atoms with Crippen molar-refractivity contribution < 1.29 is 32.9 Å². The number of aliphatic hydroxyl groups is 1. The Labute approximate surface area is 207 Å². The van der Waals surface area contributed by atoms with Crippen molar-refractivity contribution in [2.75, 3.05) is 26.3 Å². The molecule has 0 saturated carbocycles. The molecule has 12 heteroatoms. The molecule has 3 aromatic rings. The number of phenolic OH excluding ortho intramolecular Hbond substituents is 1. The number of aliphatic hydroxyl groups excluding tert-OH is 1. The monoisotopic (exact) mass is 518 g/mol. The maximum Gasteiger partial charge on any atom is 0.416 e. The molecule has 0 spiro atoms. The number of aliphatic imine (C=N–C) groups is 1. The van der Waals surface area contributed by atoms with E-state index in [0.29, 0.717) is 46.7 Å². The number of aromatic nitrogens is 2. The van der Waals surface area contributed by atoms with Crippen LogP contribution in [0.4, 0.5) is 13.2 Å². The minimum atomic E-state index is -4.61. The van der Waals surface area contributed by atoms with Crippen LogP contribution in [0, 0.1) is 0 Å². The highest BCUT2D eigenvalue weighted by Crippen LogP contribution is 2.35. The fourth-order valence-corrected chi connectivity index (χ4v) is 5.09. The quantitative estimate of drug-likeness (QED) is 0.510. The van der Waals surface area contributed by atoms with Gasteiger partial charge in [0, 0.05) is 18.5 Å². The van der Waals surface area contributed by atoms with Crippen LogP contribution in [0.1, 0.15) is 16.7 Å². The summed E-state index contributed by atoms with van der Waals surface area (Å²) >= 11 is 1.25. The molecular weight excluding hydrogens is 497 g/mol. The van der Waals surface area contributed by atoms with Crippen LogP contribution in [0.5, 0.6) is 5.75 Å². The first-order valence-electron chi connectivity index (χ1n) is 11.1. The Morgan fingerprint density at radius 3 is 2.83 bits per heavy atom. The molecule has 1 aromatic heterocycles. The number of phenols is 1. The van der Waals surface area contributed by atoms with Crippen LogP contribution in [0.15, 0.2) is 52.5 Å².